The summed E-state index contributed by atoms with van der Waals surface area (Å²) < 4.78 is 82.4. The Morgan fingerprint density at radius 2 is 0.946 bits per heavy atom. The van der Waals surface area contributed by atoms with E-state index in [2.05, 4.69) is 15.0 Å². The summed E-state index contributed by atoms with van der Waals surface area (Å²) in [6.07, 6.45) is -1.88. The molecule has 0 aliphatic carbocycles. The maximum atomic E-state index is 9.72. The summed E-state index contributed by atoms with van der Waals surface area (Å²) >= 11 is 0. The number of nitrogens with zero attached hydrogens (tertiary/aromatic N) is 3. The van der Waals surface area contributed by atoms with Crippen LogP contribution in [0.2, 0.25) is 0 Å². The van der Waals surface area contributed by atoms with E-state index in [9.17, 15) is 8.22 Å². The smallest absolute Gasteiger partial charge is 0.0708 e. The molecule has 0 spiro atoms. The second-order valence-electron chi connectivity index (χ2n) is 13.9. The summed E-state index contributed by atoms with van der Waals surface area (Å²) in [5.74, 6) is 0. The van der Waals surface area contributed by atoms with Gasteiger partial charge in [-0.2, -0.15) is 0 Å². The van der Waals surface area contributed by atoms with Crippen LogP contribution in [0, 0.1) is 13.8 Å². The standard InChI is InChI=1S/C53H47N3/c1-38-18-26-48(30-39(38)2)50-34-53(47-16-10-5-11-17-47)56-37-49(50)27-23-44-32-42(21-19-40-24-28-51(54-35-40)45-12-6-3-7-13-45)31-43(33-44)22-20-41-25-29-52(55-36-41)46-14-8-4-9-15-46/h3-18,24-26,28-37H,19-23,27H2,1-2H3/i2D3,21D2,23D2,27D2. The van der Waals surface area contributed by atoms with E-state index in [1.165, 1.54) is 18.3 Å². The summed E-state index contributed by atoms with van der Waals surface area (Å²) in [5.41, 5.74) is 8.43. The van der Waals surface area contributed by atoms with E-state index in [4.69, 9.17) is 4.11 Å². The monoisotopic (exact) mass is 734 g/mol. The molecule has 0 fully saturated rings. The van der Waals surface area contributed by atoms with Crippen LogP contribution in [0.15, 0.2) is 176 Å². The van der Waals surface area contributed by atoms with Crippen LogP contribution in [0.3, 0.4) is 0 Å². The molecule has 0 radical (unpaired) electrons. The lowest BCUT2D eigenvalue weighted by Crippen LogP contribution is -2.02. The van der Waals surface area contributed by atoms with Gasteiger partial charge in [-0.3, -0.25) is 15.0 Å². The summed E-state index contributed by atoms with van der Waals surface area (Å²) in [4.78, 5) is 13.9. The van der Waals surface area contributed by atoms with Crippen molar-refractivity contribution in [2.75, 3.05) is 0 Å². The Bertz CT molecular complexity index is 2900. The van der Waals surface area contributed by atoms with Gasteiger partial charge in [0.25, 0.3) is 0 Å². The molecule has 0 unspecified atom stereocenters. The van der Waals surface area contributed by atoms with Crippen molar-refractivity contribution in [3.8, 4) is 44.9 Å². The SMILES string of the molecule is [2H]C([2H])([2H])c1cc(-c2cc(-c3ccccc3)ncc2C([2H])([2H])C([2H])([2H])c2cc(CCc3ccc(-c4ccccc4)nc3)cc(C([2H])([2H])Cc3ccc(-c4ccccc4)nc3)c2)ccc1C. The Labute approximate surface area is 344 Å². The third kappa shape index (κ3) is 9.08. The molecule has 0 aliphatic rings. The van der Waals surface area contributed by atoms with Gasteiger partial charge in [0.2, 0.25) is 0 Å². The summed E-state index contributed by atoms with van der Waals surface area (Å²) in [7, 11) is 0. The average Bonchev–Trinajstić information content (AvgIpc) is 3.31. The van der Waals surface area contributed by atoms with E-state index in [1.54, 1.807) is 43.5 Å². The van der Waals surface area contributed by atoms with Crippen molar-refractivity contribution in [3.05, 3.63) is 221 Å². The molecule has 5 aromatic carbocycles. The fraction of sp³-hybridized carbons (Fsp3) is 0.151. The molecule has 3 nitrogen and oxygen atoms in total. The maximum absolute atomic E-state index is 9.72. The first-order valence-electron chi connectivity index (χ1n) is 23.3. The van der Waals surface area contributed by atoms with Gasteiger partial charge >= 0.3 is 0 Å². The Balaban J connectivity index is 1.20. The second-order valence-corrected chi connectivity index (χ2v) is 13.9. The molecule has 274 valence electrons. The number of hydrogen-bond donors (Lipinski definition) is 0. The van der Waals surface area contributed by atoms with Crippen LogP contribution in [0.25, 0.3) is 44.9 Å². The molecule has 56 heavy (non-hydrogen) atoms. The van der Waals surface area contributed by atoms with Crippen molar-refractivity contribution in [2.24, 2.45) is 0 Å². The molecule has 3 heterocycles. The highest BCUT2D eigenvalue weighted by Gasteiger charge is 2.12. The molecule has 3 heteroatoms. The first-order valence-corrected chi connectivity index (χ1v) is 18.8. The fourth-order valence-corrected chi connectivity index (χ4v) is 6.65. The van der Waals surface area contributed by atoms with Gasteiger partial charge in [0.05, 0.1) is 17.1 Å². The third-order valence-corrected chi connectivity index (χ3v) is 9.84. The number of rotatable bonds is 13. The zero-order chi connectivity index (χ0) is 46.0. The Morgan fingerprint density at radius 3 is 1.54 bits per heavy atom. The van der Waals surface area contributed by atoms with E-state index < -0.39 is 26.0 Å². The van der Waals surface area contributed by atoms with Crippen LogP contribution in [-0.2, 0) is 38.4 Å². The molecular formula is C53H47N3. The molecule has 0 aliphatic heterocycles. The first kappa shape index (κ1) is 27.2. The largest absolute Gasteiger partial charge is 0.256 e. The van der Waals surface area contributed by atoms with Crippen molar-refractivity contribution in [1.82, 2.24) is 15.0 Å². The summed E-state index contributed by atoms with van der Waals surface area (Å²) in [6, 6.07) is 48.0. The zero-order valence-corrected chi connectivity index (χ0v) is 31.2. The van der Waals surface area contributed by atoms with Gasteiger partial charge in [0.15, 0.2) is 0 Å². The van der Waals surface area contributed by atoms with Gasteiger partial charge in [0, 0.05) is 47.6 Å². The van der Waals surface area contributed by atoms with Crippen LogP contribution in [0.5, 0.6) is 0 Å². The number of hydrogen-bond acceptors (Lipinski definition) is 3. The van der Waals surface area contributed by atoms with Crippen molar-refractivity contribution in [3.63, 3.8) is 0 Å². The molecule has 0 bridgehead atoms. The second kappa shape index (κ2) is 17.3. The predicted molar refractivity (Wildman–Crippen MR) is 233 cm³/mol. The van der Waals surface area contributed by atoms with Crippen LogP contribution < -0.4 is 0 Å². The lowest BCUT2D eigenvalue weighted by atomic mass is 9.91. The first-order chi connectivity index (χ1) is 31.0. The third-order valence-electron chi connectivity index (χ3n) is 9.84. The average molecular weight is 735 g/mol. The number of aryl methyl sites for hydroxylation is 8. The quantitative estimate of drug-likeness (QED) is 0.118. The Morgan fingerprint density at radius 1 is 0.411 bits per heavy atom. The fourth-order valence-electron chi connectivity index (χ4n) is 6.65. The molecular weight excluding hydrogens is 679 g/mol. The zero-order valence-electron chi connectivity index (χ0n) is 40.2. The normalized spacial score (nSPS) is 14.5. The van der Waals surface area contributed by atoms with Gasteiger partial charge in [-0.1, -0.05) is 140 Å². The molecule has 0 amide bonds. The topological polar surface area (TPSA) is 38.7 Å². The van der Waals surface area contributed by atoms with Crippen LogP contribution >= 0.6 is 0 Å². The lowest BCUT2D eigenvalue weighted by molar-refractivity contribution is 0.897. The summed E-state index contributed by atoms with van der Waals surface area (Å²) in [6.45, 7) is -0.735. The molecule has 8 aromatic rings. The maximum Gasteiger partial charge on any atom is 0.0708 e. The van der Waals surface area contributed by atoms with E-state index in [1.807, 2.05) is 121 Å². The van der Waals surface area contributed by atoms with Crippen molar-refractivity contribution in [2.45, 2.75) is 52.2 Å². The molecule has 0 N–H and O–H groups in total. The minimum Gasteiger partial charge on any atom is -0.256 e. The molecule has 3 aromatic heterocycles. The van der Waals surface area contributed by atoms with Gasteiger partial charge in [-0.15, -0.1) is 0 Å². The highest BCUT2D eigenvalue weighted by atomic mass is 14.7. The number of pyridine rings is 3. The van der Waals surface area contributed by atoms with Crippen molar-refractivity contribution < 1.29 is 12.3 Å². The van der Waals surface area contributed by atoms with Gasteiger partial charge in [-0.25, -0.2) is 0 Å². The van der Waals surface area contributed by atoms with Gasteiger partial charge in [-0.05, 0) is 126 Å². The Hall–Kier alpha value is -6.45. The van der Waals surface area contributed by atoms with Gasteiger partial charge in [0.1, 0.15) is 0 Å². The minimum absolute atomic E-state index is 0.0425. The number of benzene rings is 5. The molecule has 0 saturated heterocycles. The van der Waals surface area contributed by atoms with Crippen molar-refractivity contribution in [1.29, 1.82) is 0 Å². The predicted octanol–water partition coefficient (Wildman–Crippen LogP) is 12.5. The van der Waals surface area contributed by atoms with Crippen LogP contribution in [0.1, 0.15) is 56.8 Å². The molecule has 8 rings (SSSR count). The lowest BCUT2D eigenvalue weighted by Gasteiger charge is -2.15. The highest BCUT2D eigenvalue weighted by Crippen LogP contribution is 2.31. The summed E-state index contributed by atoms with van der Waals surface area (Å²) in [5, 5.41) is 0. The van der Waals surface area contributed by atoms with E-state index in [-0.39, 0.29) is 28.7 Å². The number of aromatic nitrogens is 3. The van der Waals surface area contributed by atoms with E-state index in [0.717, 1.165) is 33.6 Å². The van der Waals surface area contributed by atoms with E-state index in [0.29, 0.717) is 46.4 Å². The molecule has 0 atom stereocenters. The minimum atomic E-state index is -2.77. The van der Waals surface area contributed by atoms with E-state index >= 15 is 0 Å². The Kier molecular flexibility index (Phi) is 8.42. The van der Waals surface area contributed by atoms with Gasteiger partial charge < -0.3 is 0 Å². The van der Waals surface area contributed by atoms with Crippen molar-refractivity contribution >= 4 is 0 Å². The van der Waals surface area contributed by atoms with Crippen LogP contribution in [-0.4, -0.2) is 15.0 Å². The van der Waals surface area contributed by atoms with Crippen LogP contribution in [0.4, 0.5) is 0 Å². The highest BCUT2D eigenvalue weighted by molar-refractivity contribution is 5.74. The molecule has 0 saturated carbocycles.